The lowest BCUT2D eigenvalue weighted by Gasteiger charge is -2.25. The van der Waals surface area contributed by atoms with Gasteiger partial charge in [-0.05, 0) is 50.6 Å². The Labute approximate surface area is 113 Å². The van der Waals surface area contributed by atoms with Crippen molar-refractivity contribution in [3.05, 3.63) is 0 Å². The zero-order chi connectivity index (χ0) is 13.4. The molecule has 0 spiro atoms. The number of ether oxygens (including phenoxy) is 1. The van der Waals surface area contributed by atoms with E-state index in [9.17, 15) is 0 Å². The average molecular weight is 256 g/mol. The fraction of sp³-hybridized carbons (Fsp3) is 1.00. The Morgan fingerprint density at radius 1 is 1.39 bits per heavy atom. The van der Waals surface area contributed by atoms with Gasteiger partial charge in [0.15, 0.2) is 0 Å². The molecule has 1 aliphatic rings. The van der Waals surface area contributed by atoms with E-state index in [0.29, 0.717) is 12.0 Å². The van der Waals surface area contributed by atoms with Gasteiger partial charge < -0.3 is 15.4 Å². The topological polar surface area (TPSA) is 38.5 Å². The van der Waals surface area contributed by atoms with Crippen LogP contribution in [0.25, 0.3) is 0 Å². The Kier molecular flexibility index (Phi) is 7.87. The first-order valence-electron chi connectivity index (χ1n) is 7.69. The van der Waals surface area contributed by atoms with Crippen LogP contribution in [0.1, 0.15) is 46.5 Å². The van der Waals surface area contributed by atoms with Crippen LogP contribution in [0.4, 0.5) is 0 Å². The van der Waals surface area contributed by atoms with E-state index in [2.05, 4.69) is 25.7 Å². The van der Waals surface area contributed by atoms with Crippen LogP contribution in [0, 0.1) is 11.8 Å². The van der Waals surface area contributed by atoms with Gasteiger partial charge in [-0.25, -0.2) is 0 Å². The molecule has 0 aromatic rings. The number of hydrogen-bond donors (Lipinski definition) is 1. The lowest BCUT2D eigenvalue weighted by atomic mass is 9.94. The van der Waals surface area contributed by atoms with Crippen LogP contribution in [0.2, 0.25) is 0 Å². The Balaban J connectivity index is 2.31. The molecule has 0 amide bonds. The predicted molar refractivity (Wildman–Crippen MR) is 77.7 cm³/mol. The molecule has 0 aromatic carbocycles. The maximum Gasteiger partial charge on any atom is 0.0699 e. The van der Waals surface area contributed by atoms with E-state index in [1.165, 1.54) is 32.4 Å². The van der Waals surface area contributed by atoms with E-state index in [4.69, 9.17) is 10.5 Å². The zero-order valence-corrected chi connectivity index (χ0v) is 12.5. The first-order valence-corrected chi connectivity index (χ1v) is 7.69. The molecule has 108 valence electrons. The molecule has 1 aliphatic heterocycles. The minimum absolute atomic E-state index is 0.439. The second-order valence-electron chi connectivity index (χ2n) is 6.08. The fourth-order valence-electron chi connectivity index (χ4n) is 2.78. The predicted octanol–water partition coefficient (Wildman–Crippen LogP) is 2.50. The number of nitrogens with two attached hydrogens (primary N) is 1. The van der Waals surface area contributed by atoms with Crippen LogP contribution in [0.15, 0.2) is 0 Å². The third-order valence-corrected chi connectivity index (χ3v) is 3.88. The van der Waals surface area contributed by atoms with Gasteiger partial charge in [-0.1, -0.05) is 20.8 Å². The van der Waals surface area contributed by atoms with E-state index in [1.807, 2.05) is 0 Å². The minimum atomic E-state index is 0.439. The summed E-state index contributed by atoms with van der Waals surface area (Å²) in [4.78, 5) is 2.57. The highest BCUT2D eigenvalue weighted by Crippen LogP contribution is 2.16. The molecule has 3 nitrogen and oxygen atoms in total. The lowest BCUT2D eigenvalue weighted by molar-refractivity contribution is 0.0512. The van der Waals surface area contributed by atoms with Crippen molar-refractivity contribution in [1.29, 1.82) is 0 Å². The van der Waals surface area contributed by atoms with Crippen LogP contribution in [0.5, 0.6) is 0 Å². The Morgan fingerprint density at radius 3 is 2.78 bits per heavy atom. The SMILES string of the molecule is CCC1CN(CCC(CN)CC(C)C)CCCO1. The van der Waals surface area contributed by atoms with Gasteiger partial charge in [-0.2, -0.15) is 0 Å². The van der Waals surface area contributed by atoms with Crippen LogP contribution in [0.3, 0.4) is 0 Å². The molecule has 0 aromatic heterocycles. The normalized spacial score (nSPS) is 24.2. The fourth-order valence-corrected chi connectivity index (χ4v) is 2.78. The van der Waals surface area contributed by atoms with Gasteiger partial charge in [0.1, 0.15) is 0 Å². The van der Waals surface area contributed by atoms with Crippen molar-refractivity contribution in [1.82, 2.24) is 4.90 Å². The van der Waals surface area contributed by atoms with Crippen molar-refractivity contribution in [2.45, 2.75) is 52.6 Å². The largest absolute Gasteiger partial charge is 0.377 e. The third kappa shape index (κ3) is 6.17. The summed E-state index contributed by atoms with van der Waals surface area (Å²) in [5, 5.41) is 0. The van der Waals surface area contributed by atoms with Crippen molar-refractivity contribution < 1.29 is 4.74 Å². The van der Waals surface area contributed by atoms with Crippen LogP contribution in [-0.2, 0) is 4.74 Å². The van der Waals surface area contributed by atoms with E-state index in [1.54, 1.807) is 0 Å². The lowest BCUT2D eigenvalue weighted by Crippen LogP contribution is -2.34. The summed E-state index contributed by atoms with van der Waals surface area (Å²) in [6.45, 7) is 12.0. The Bertz CT molecular complexity index is 209. The van der Waals surface area contributed by atoms with Gasteiger partial charge in [-0.15, -0.1) is 0 Å². The van der Waals surface area contributed by atoms with Gasteiger partial charge in [0.05, 0.1) is 6.10 Å². The molecule has 18 heavy (non-hydrogen) atoms. The summed E-state index contributed by atoms with van der Waals surface area (Å²) in [5.74, 6) is 1.45. The number of nitrogens with zero attached hydrogens (tertiary/aromatic N) is 1. The molecule has 0 bridgehead atoms. The van der Waals surface area contributed by atoms with Crippen molar-refractivity contribution in [3.63, 3.8) is 0 Å². The maximum atomic E-state index is 5.88. The summed E-state index contributed by atoms with van der Waals surface area (Å²) in [6, 6.07) is 0. The average Bonchev–Trinajstić information content (AvgIpc) is 2.59. The molecule has 2 unspecified atom stereocenters. The smallest absolute Gasteiger partial charge is 0.0699 e. The molecule has 0 radical (unpaired) electrons. The van der Waals surface area contributed by atoms with Crippen LogP contribution < -0.4 is 5.73 Å². The quantitative estimate of drug-likeness (QED) is 0.760. The summed E-state index contributed by atoms with van der Waals surface area (Å²) in [5.41, 5.74) is 5.88. The van der Waals surface area contributed by atoms with Gasteiger partial charge >= 0.3 is 0 Å². The highest BCUT2D eigenvalue weighted by Gasteiger charge is 2.18. The Hall–Kier alpha value is -0.120. The standard InChI is InChI=1S/C15H32N2O/c1-4-15-12-17(7-5-9-18-15)8-6-14(11-16)10-13(2)3/h13-15H,4-12,16H2,1-3H3. The second kappa shape index (κ2) is 8.89. The molecular formula is C15H32N2O. The second-order valence-corrected chi connectivity index (χ2v) is 6.08. The molecule has 2 N–H and O–H groups in total. The highest BCUT2D eigenvalue weighted by atomic mass is 16.5. The Morgan fingerprint density at radius 2 is 2.17 bits per heavy atom. The van der Waals surface area contributed by atoms with Crippen molar-refractivity contribution in [3.8, 4) is 0 Å². The highest BCUT2D eigenvalue weighted by molar-refractivity contribution is 4.71. The molecule has 2 atom stereocenters. The minimum Gasteiger partial charge on any atom is -0.377 e. The monoisotopic (exact) mass is 256 g/mol. The van der Waals surface area contributed by atoms with E-state index >= 15 is 0 Å². The van der Waals surface area contributed by atoms with E-state index in [0.717, 1.165) is 32.0 Å². The van der Waals surface area contributed by atoms with Crippen molar-refractivity contribution >= 4 is 0 Å². The molecular weight excluding hydrogens is 224 g/mol. The van der Waals surface area contributed by atoms with Crippen LogP contribution >= 0.6 is 0 Å². The zero-order valence-electron chi connectivity index (χ0n) is 12.5. The summed E-state index contributed by atoms with van der Waals surface area (Å²) >= 11 is 0. The van der Waals surface area contributed by atoms with Crippen LogP contribution in [-0.4, -0.2) is 43.8 Å². The first kappa shape index (κ1) is 15.9. The molecule has 0 saturated carbocycles. The van der Waals surface area contributed by atoms with E-state index < -0.39 is 0 Å². The van der Waals surface area contributed by atoms with Gasteiger partial charge in [0, 0.05) is 19.7 Å². The first-order chi connectivity index (χ1) is 8.65. The molecule has 1 rings (SSSR count). The third-order valence-electron chi connectivity index (χ3n) is 3.88. The molecule has 1 saturated heterocycles. The molecule has 0 aliphatic carbocycles. The molecule has 1 heterocycles. The van der Waals surface area contributed by atoms with Crippen molar-refractivity contribution in [2.24, 2.45) is 17.6 Å². The van der Waals surface area contributed by atoms with Gasteiger partial charge in [0.2, 0.25) is 0 Å². The van der Waals surface area contributed by atoms with Gasteiger partial charge in [-0.3, -0.25) is 0 Å². The summed E-state index contributed by atoms with van der Waals surface area (Å²) < 4.78 is 5.81. The van der Waals surface area contributed by atoms with E-state index in [-0.39, 0.29) is 0 Å². The van der Waals surface area contributed by atoms with Crippen molar-refractivity contribution in [2.75, 3.05) is 32.8 Å². The molecule has 3 heteroatoms. The number of rotatable bonds is 7. The van der Waals surface area contributed by atoms with Gasteiger partial charge in [0.25, 0.3) is 0 Å². The summed E-state index contributed by atoms with van der Waals surface area (Å²) in [6.07, 6.45) is 5.24. The molecule has 1 fully saturated rings. The number of hydrogen-bond acceptors (Lipinski definition) is 3. The summed E-state index contributed by atoms with van der Waals surface area (Å²) in [7, 11) is 0. The maximum absolute atomic E-state index is 5.88.